The molecule has 0 saturated heterocycles. The molecule has 0 bridgehead atoms. The number of nitrogens with zero attached hydrogens (tertiary/aromatic N) is 3. The van der Waals surface area contributed by atoms with Gasteiger partial charge in [0.15, 0.2) is 5.16 Å². The van der Waals surface area contributed by atoms with Crippen LogP contribution in [0.25, 0.3) is 0 Å². The third kappa shape index (κ3) is 4.42. The Bertz CT molecular complexity index is 607. The van der Waals surface area contributed by atoms with E-state index >= 15 is 0 Å². The van der Waals surface area contributed by atoms with Crippen LogP contribution in [0.4, 0.5) is 5.82 Å². The summed E-state index contributed by atoms with van der Waals surface area (Å²) in [4.78, 5) is 24.1. The van der Waals surface area contributed by atoms with Gasteiger partial charge in [0.2, 0.25) is 0 Å². The van der Waals surface area contributed by atoms with Gasteiger partial charge in [-0.2, -0.15) is 0 Å². The SMILES string of the molecule is CCOC(=O)c1cnc(SCCc2ccccn2)nc1N. The largest absolute Gasteiger partial charge is 0.462 e. The van der Waals surface area contributed by atoms with E-state index < -0.39 is 5.97 Å². The minimum Gasteiger partial charge on any atom is -0.462 e. The number of aryl methyl sites for hydroxylation is 1. The van der Waals surface area contributed by atoms with E-state index in [-0.39, 0.29) is 11.4 Å². The van der Waals surface area contributed by atoms with Crippen molar-refractivity contribution in [2.45, 2.75) is 18.5 Å². The van der Waals surface area contributed by atoms with Gasteiger partial charge in [0.25, 0.3) is 0 Å². The third-order valence-corrected chi connectivity index (χ3v) is 3.47. The maximum absolute atomic E-state index is 11.6. The second kappa shape index (κ2) is 7.58. The predicted molar refractivity (Wildman–Crippen MR) is 81.1 cm³/mol. The summed E-state index contributed by atoms with van der Waals surface area (Å²) in [5.74, 6) is 0.429. The Morgan fingerprint density at radius 3 is 2.90 bits per heavy atom. The van der Waals surface area contributed by atoms with E-state index in [0.717, 1.165) is 17.9 Å². The molecule has 0 fully saturated rings. The summed E-state index contributed by atoms with van der Waals surface area (Å²) >= 11 is 1.47. The molecule has 0 aromatic carbocycles. The van der Waals surface area contributed by atoms with Crippen LogP contribution in [-0.4, -0.2) is 33.3 Å². The smallest absolute Gasteiger partial charge is 0.343 e. The summed E-state index contributed by atoms with van der Waals surface area (Å²) in [6, 6.07) is 5.81. The molecule has 0 aliphatic carbocycles. The molecule has 2 rings (SSSR count). The van der Waals surface area contributed by atoms with Gasteiger partial charge >= 0.3 is 5.97 Å². The van der Waals surface area contributed by atoms with Crippen LogP contribution in [0.2, 0.25) is 0 Å². The summed E-state index contributed by atoms with van der Waals surface area (Å²) < 4.78 is 4.87. The fourth-order valence-electron chi connectivity index (χ4n) is 1.61. The zero-order chi connectivity index (χ0) is 15.1. The van der Waals surface area contributed by atoms with Crippen LogP contribution in [0.3, 0.4) is 0 Å². The van der Waals surface area contributed by atoms with E-state index in [1.54, 1.807) is 13.1 Å². The molecule has 0 saturated carbocycles. The number of esters is 1. The number of aromatic nitrogens is 3. The highest BCUT2D eigenvalue weighted by Gasteiger charge is 2.13. The van der Waals surface area contributed by atoms with Gasteiger partial charge in [-0.25, -0.2) is 14.8 Å². The van der Waals surface area contributed by atoms with Gasteiger partial charge in [0.05, 0.1) is 6.61 Å². The lowest BCUT2D eigenvalue weighted by Crippen LogP contribution is -2.10. The first kappa shape index (κ1) is 15.2. The van der Waals surface area contributed by atoms with E-state index in [1.165, 1.54) is 18.0 Å². The monoisotopic (exact) mass is 304 g/mol. The summed E-state index contributed by atoms with van der Waals surface area (Å²) in [5.41, 5.74) is 6.97. The highest BCUT2D eigenvalue weighted by atomic mass is 32.2. The molecule has 7 heteroatoms. The third-order valence-electron chi connectivity index (χ3n) is 2.61. The van der Waals surface area contributed by atoms with Crippen LogP contribution < -0.4 is 5.73 Å². The Hall–Kier alpha value is -2.15. The molecular formula is C14H16N4O2S. The molecular weight excluding hydrogens is 288 g/mol. The number of nitrogens with two attached hydrogens (primary N) is 1. The molecule has 2 N–H and O–H groups in total. The van der Waals surface area contributed by atoms with Crippen molar-refractivity contribution in [3.63, 3.8) is 0 Å². The second-order valence-corrected chi connectivity index (χ2v) is 5.15. The zero-order valence-corrected chi connectivity index (χ0v) is 12.5. The Morgan fingerprint density at radius 2 is 2.24 bits per heavy atom. The van der Waals surface area contributed by atoms with Crippen molar-refractivity contribution in [1.82, 2.24) is 15.0 Å². The number of hydrogen-bond acceptors (Lipinski definition) is 7. The van der Waals surface area contributed by atoms with Gasteiger partial charge in [0, 0.05) is 23.8 Å². The number of anilines is 1. The van der Waals surface area contributed by atoms with Crippen molar-refractivity contribution in [2.75, 3.05) is 18.1 Å². The number of thioether (sulfide) groups is 1. The van der Waals surface area contributed by atoms with Gasteiger partial charge in [-0.1, -0.05) is 17.8 Å². The van der Waals surface area contributed by atoms with Gasteiger partial charge in [0.1, 0.15) is 11.4 Å². The number of pyridine rings is 1. The minimum absolute atomic E-state index is 0.142. The Balaban J connectivity index is 1.93. The zero-order valence-electron chi connectivity index (χ0n) is 11.7. The van der Waals surface area contributed by atoms with Crippen LogP contribution in [0.15, 0.2) is 35.7 Å². The van der Waals surface area contributed by atoms with E-state index in [9.17, 15) is 4.79 Å². The minimum atomic E-state index is -0.500. The average Bonchev–Trinajstić information content (AvgIpc) is 2.48. The normalized spacial score (nSPS) is 10.3. The molecule has 0 unspecified atom stereocenters. The fourth-order valence-corrected chi connectivity index (χ4v) is 2.39. The summed E-state index contributed by atoms with van der Waals surface area (Å²) in [6.45, 7) is 2.02. The molecule has 2 aromatic rings. The van der Waals surface area contributed by atoms with Crippen LogP contribution in [0.1, 0.15) is 23.0 Å². The number of hydrogen-bond donors (Lipinski definition) is 1. The standard InChI is InChI=1S/C14H16N4O2S/c1-2-20-13(19)11-9-17-14(18-12(11)15)21-8-6-10-5-3-4-7-16-10/h3-5,7,9H,2,6,8H2,1H3,(H2,15,17,18). The van der Waals surface area contributed by atoms with Crippen molar-refractivity contribution in [3.8, 4) is 0 Å². The maximum Gasteiger partial charge on any atom is 0.343 e. The topological polar surface area (TPSA) is 91.0 Å². The summed E-state index contributed by atoms with van der Waals surface area (Å²) in [6.07, 6.45) is 3.99. The van der Waals surface area contributed by atoms with Crippen molar-refractivity contribution in [1.29, 1.82) is 0 Å². The molecule has 0 aliphatic heterocycles. The van der Waals surface area contributed by atoms with Crippen LogP contribution in [-0.2, 0) is 11.2 Å². The van der Waals surface area contributed by atoms with E-state index in [2.05, 4.69) is 15.0 Å². The van der Waals surface area contributed by atoms with Crippen LogP contribution in [0, 0.1) is 0 Å². The molecule has 6 nitrogen and oxygen atoms in total. The number of carbonyl (C=O) groups excluding carboxylic acids is 1. The Labute approximate surface area is 127 Å². The number of nitrogen functional groups attached to an aromatic ring is 1. The van der Waals surface area contributed by atoms with Gasteiger partial charge in [-0.3, -0.25) is 4.98 Å². The Kier molecular flexibility index (Phi) is 5.51. The van der Waals surface area contributed by atoms with E-state index in [0.29, 0.717) is 11.8 Å². The second-order valence-electron chi connectivity index (χ2n) is 4.09. The molecule has 21 heavy (non-hydrogen) atoms. The average molecular weight is 304 g/mol. The highest BCUT2D eigenvalue weighted by Crippen LogP contribution is 2.18. The van der Waals surface area contributed by atoms with Crippen molar-refractivity contribution < 1.29 is 9.53 Å². The highest BCUT2D eigenvalue weighted by molar-refractivity contribution is 7.99. The molecule has 0 spiro atoms. The lowest BCUT2D eigenvalue weighted by Gasteiger charge is -2.05. The molecule has 0 amide bonds. The Morgan fingerprint density at radius 1 is 1.38 bits per heavy atom. The number of carbonyl (C=O) groups is 1. The van der Waals surface area contributed by atoms with Gasteiger partial charge in [-0.15, -0.1) is 0 Å². The van der Waals surface area contributed by atoms with Crippen molar-refractivity contribution >= 4 is 23.5 Å². The molecule has 0 atom stereocenters. The first-order chi connectivity index (χ1) is 10.2. The first-order valence-electron chi connectivity index (χ1n) is 6.53. The van der Waals surface area contributed by atoms with Gasteiger partial charge in [-0.05, 0) is 25.5 Å². The van der Waals surface area contributed by atoms with Crippen LogP contribution in [0.5, 0.6) is 0 Å². The first-order valence-corrected chi connectivity index (χ1v) is 7.51. The van der Waals surface area contributed by atoms with E-state index in [1.807, 2.05) is 18.2 Å². The van der Waals surface area contributed by atoms with Crippen LogP contribution >= 0.6 is 11.8 Å². The number of ether oxygens (including phenoxy) is 1. The summed E-state index contributed by atoms with van der Waals surface area (Å²) in [5, 5.41) is 0.538. The molecule has 2 aromatic heterocycles. The molecule has 0 radical (unpaired) electrons. The fraction of sp³-hybridized carbons (Fsp3) is 0.286. The van der Waals surface area contributed by atoms with Crippen molar-refractivity contribution in [3.05, 3.63) is 41.9 Å². The van der Waals surface area contributed by atoms with Gasteiger partial charge < -0.3 is 10.5 Å². The lowest BCUT2D eigenvalue weighted by molar-refractivity contribution is 0.0526. The van der Waals surface area contributed by atoms with E-state index in [4.69, 9.17) is 10.5 Å². The maximum atomic E-state index is 11.6. The molecule has 110 valence electrons. The predicted octanol–water partition coefficient (Wildman–Crippen LogP) is 1.97. The quantitative estimate of drug-likeness (QED) is 0.495. The van der Waals surface area contributed by atoms with Crippen molar-refractivity contribution in [2.24, 2.45) is 0 Å². The molecule has 2 heterocycles. The molecule has 0 aliphatic rings. The lowest BCUT2D eigenvalue weighted by atomic mass is 10.3. The number of rotatable bonds is 6. The summed E-state index contributed by atoms with van der Waals surface area (Å²) in [7, 11) is 0.